The third-order valence-electron chi connectivity index (χ3n) is 3.81. The molecular weight excluding hydrogens is 268 g/mol. The smallest absolute Gasteiger partial charge is 0.323 e. The molecule has 6 heteroatoms. The van der Waals surface area contributed by atoms with Gasteiger partial charge in [-0.1, -0.05) is 18.6 Å². The van der Waals surface area contributed by atoms with E-state index in [4.69, 9.17) is 4.74 Å². The molecule has 21 heavy (non-hydrogen) atoms. The highest BCUT2D eigenvalue weighted by molar-refractivity contribution is 5.76. The Hall–Kier alpha value is -1.95. The molecule has 1 aliphatic rings. The van der Waals surface area contributed by atoms with Gasteiger partial charge in [-0.2, -0.15) is 15.0 Å². The van der Waals surface area contributed by atoms with Crippen LogP contribution < -0.4 is 0 Å². The van der Waals surface area contributed by atoms with Gasteiger partial charge in [0.25, 0.3) is 0 Å². The van der Waals surface area contributed by atoms with E-state index in [2.05, 4.69) is 15.1 Å². The van der Waals surface area contributed by atoms with Crippen molar-refractivity contribution in [3.63, 3.8) is 0 Å². The zero-order chi connectivity index (χ0) is 14.7. The Balaban J connectivity index is 1.75. The molecule has 0 radical (unpaired) electrons. The standard InChI is InChI=1S/C15H20N4O2/c1-2-21-15(20)14-9-5-6-10-18(14)11-19-16-12-7-3-4-8-13(12)17-19/h3-4,7-8,14H,2,5-6,9-11H2,1H3. The van der Waals surface area contributed by atoms with E-state index in [9.17, 15) is 4.79 Å². The maximum atomic E-state index is 12.1. The Kier molecular flexibility index (Phi) is 4.15. The average molecular weight is 288 g/mol. The normalized spacial score (nSPS) is 19.8. The highest BCUT2D eigenvalue weighted by atomic mass is 16.5. The summed E-state index contributed by atoms with van der Waals surface area (Å²) in [6, 6.07) is 7.61. The molecule has 0 spiro atoms. The van der Waals surface area contributed by atoms with Crippen molar-refractivity contribution in [2.75, 3.05) is 13.2 Å². The molecule has 1 aromatic carbocycles. The van der Waals surface area contributed by atoms with Gasteiger partial charge in [0.2, 0.25) is 0 Å². The lowest BCUT2D eigenvalue weighted by Crippen LogP contribution is -2.46. The third-order valence-corrected chi connectivity index (χ3v) is 3.81. The molecular formula is C15H20N4O2. The van der Waals surface area contributed by atoms with Gasteiger partial charge in [-0.05, 0) is 31.9 Å². The first-order valence-corrected chi connectivity index (χ1v) is 7.48. The van der Waals surface area contributed by atoms with Crippen molar-refractivity contribution in [2.45, 2.75) is 38.9 Å². The van der Waals surface area contributed by atoms with Gasteiger partial charge in [0, 0.05) is 6.54 Å². The highest BCUT2D eigenvalue weighted by Crippen LogP contribution is 2.19. The summed E-state index contributed by atoms with van der Waals surface area (Å²) in [4.78, 5) is 15.8. The topological polar surface area (TPSA) is 60.2 Å². The Labute approximate surface area is 123 Å². The van der Waals surface area contributed by atoms with E-state index < -0.39 is 0 Å². The van der Waals surface area contributed by atoms with E-state index in [0.29, 0.717) is 13.3 Å². The average Bonchev–Trinajstić information content (AvgIpc) is 2.90. The fraction of sp³-hybridized carbons (Fsp3) is 0.533. The van der Waals surface area contributed by atoms with Crippen molar-refractivity contribution >= 4 is 17.0 Å². The molecule has 0 amide bonds. The second-order valence-corrected chi connectivity index (χ2v) is 5.28. The Morgan fingerprint density at radius 1 is 1.29 bits per heavy atom. The minimum Gasteiger partial charge on any atom is -0.465 e. The molecule has 1 saturated heterocycles. The first-order valence-electron chi connectivity index (χ1n) is 7.48. The van der Waals surface area contributed by atoms with Gasteiger partial charge in [-0.25, -0.2) is 0 Å². The van der Waals surface area contributed by atoms with Crippen molar-refractivity contribution < 1.29 is 9.53 Å². The van der Waals surface area contributed by atoms with Gasteiger partial charge in [-0.3, -0.25) is 9.69 Å². The predicted molar refractivity (Wildman–Crippen MR) is 78.5 cm³/mol. The van der Waals surface area contributed by atoms with Gasteiger partial charge in [-0.15, -0.1) is 0 Å². The summed E-state index contributed by atoms with van der Waals surface area (Å²) in [7, 11) is 0. The van der Waals surface area contributed by atoms with Crippen LogP contribution in [0.4, 0.5) is 0 Å². The zero-order valence-electron chi connectivity index (χ0n) is 12.2. The van der Waals surface area contributed by atoms with Crippen molar-refractivity contribution in [1.29, 1.82) is 0 Å². The van der Waals surface area contributed by atoms with Crippen molar-refractivity contribution in [1.82, 2.24) is 19.9 Å². The molecule has 0 N–H and O–H groups in total. The van der Waals surface area contributed by atoms with Crippen LogP contribution in [0.15, 0.2) is 24.3 Å². The van der Waals surface area contributed by atoms with E-state index in [-0.39, 0.29) is 12.0 Å². The fourth-order valence-corrected chi connectivity index (χ4v) is 2.80. The molecule has 0 saturated carbocycles. The van der Waals surface area contributed by atoms with Crippen molar-refractivity contribution in [2.24, 2.45) is 0 Å². The maximum Gasteiger partial charge on any atom is 0.323 e. The molecule has 3 rings (SSSR count). The number of hydrogen-bond donors (Lipinski definition) is 0. The number of fused-ring (bicyclic) bond motifs is 1. The molecule has 1 atom stereocenters. The Bertz CT molecular complexity index is 592. The van der Waals surface area contributed by atoms with Gasteiger partial charge in [0.05, 0.1) is 6.61 Å². The molecule has 1 aliphatic heterocycles. The number of aromatic nitrogens is 3. The molecule has 0 bridgehead atoms. The van der Waals surface area contributed by atoms with Gasteiger partial charge >= 0.3 is 5.97 Å². The van der Waals surface area contributed by atoms with Crippen LogP contribution in [-0.2, 0) is 16.2 Å². The van der Waals surface area contributed by atoms with Crippen LogP contribution >= 0.6 is 0 Å². The first kappa shape index (κ1) is 14.0. The molecule has 1 aromatic heterocycles. The van der Waals surface area contributed by atoms with E-state index >= 15 is 0 Å². The number of esters is 1. The van der Waals surface area contributed by atoms with Gasteiger partial charge in [0.15, 0.2) is 0 Å². The predicted octanol–water partition coefficient (Wildman–Crippen LogP) is 1.81. The third kappa shape index (κ3) is 3.05. The van der Waals surface area contributed by atoms with Crippen LogP contribution in [0.1, 0.15) is 26.2 Å². The quantitative estimate of drug-likeness (QED) is 0.803. The Morgan fingerprint density at radius 2 is 2.00 bits per heavy atom. The number of benzene rings is 1. The minimum absolute atomic E-state index is 0.131. The largest absolute Gasteiger partial charge is 0.465 e. The number of ether oxygens (including phenoxy) is 1. The second kappa shape index (κ2) is 6.22. The van der Waals surface area contributed by atoms with Crippen LogP contribution in [0.5, 0.6) is 0 Å². The lowest BCUT2D eigenvalue weighted by Gasteiger charge is -2.33. The summed E-state index contributed by atoms with van der Waals surface area (Å²) < 4.78 is 5.18. The second-order valence-electron chi connectivity index (χ2n) is 5.28. The minimum atomic E-state index is -0.173. The van der Waals surface area contributed by atoms with Crippen LogP contribution in [0.25, 0.3) is 11.0 Å². The molecule has 6 nitrogen and oxygen atoms in total. The van der Waals surface area contributed by atoms with Gasteiger partial charge in [0.1, 0.15) is 23.7 Å². The number of likely N-dealkylation sites (tertiary alicyclic amines) is 1. The summed E-state index contributed by atoms with van der Waals surface area (Å²) in [6.45, 7) is 3.67. The molecule has 1 unspecified atom stereocenters. The van der Waals surface area contributed by atoms with Crippen molar-refractivity contribution in [3.8, 4) is 0 Å². The molecule has 1 fully saturated rings. The molecule has 112 valence electrons. The number of carbonyl (C=O) groups is 1. The molecule has 0 aliphatic carbocycles. The van der Waals surface area contributed by atoms with Crippen LogP contribution in [0, 0.1) is 0 Å². The number of carbonyl (C=O) groups excluding carboxylic acids is 1. The molecule has 2 heterocycles. The summed E-state index contributed by atoms with van der Waals surface area (Å²) in [5.41, 5.74) is 1.75. The maximum absolute atomic E-state index is 12.1. The lowest BCUT2D eigenvalue weighted by atomic mass is 10.0. The highest BCUT2D eigenvalue weighted by Gasteiger charge is 2.30. The first-order chi connectivity index (χ1) is 10.3. The number of hydrogen-bond acceptors (Lipinski definition) is 5. The van der Waals surface area contributed by atoms with E-state index in [1.807, 2.05) is 31.2 Å². The summed E-state index contributed by atoms with van der Waals surface area (Å²) >= 11 is 0. The summed E-state index contributed by atoms with van der Waals surface area (Å²) in [5.74, 6) is -0.131. The SMILES string of the molecule is CCOC(=O)C1CCCCN1Cn1nc2ccccc2n1. The lowest BCUT2D eigenvalue weighted by molar-refractivity contribution is -0.152. The van der Waals surface area contributed by atoms with Crippen LogP contribution in [0.3, 0.4) is 0 Å². The number of nitrogens with zero attached hydrogens (tertiary/aromatic N) is 4. The Morgan fingerprint density at radius 3 is 2.67 bits per heavy atom. The van der Waals surface area contributed by atoms with Gasteiger partial charge < -0.3 is 4.74 Å². The van der Waals surface area contributed by atoms with E-state index in [0.717, 1.165) is 36.8 Å². The summed E-state index contributed by atoms with van der Waals surface area (Å²) in [6.07, 6.45) is 3.00. The summed E-state index contributed by atoms with van der Waals surface area (Å²) in [5, 5.41) is 8.92. The number of piperidine rings is 1. The van der Waals surface area contributed by atoms with Crippen molar-refractivity contribution in [3.05, 3.63) is 24.3 Å². The van der Waals surface area contributed by atoms with E-state index in [1.165, 1.54) is 0 Å². The van der Waals surface area contributed by atoms with Crippen LogP contribution in [-0.4, -0.2) is 45.1 Å². The van der Waals surface area contributed by atoms with E-state index in [1.54, 1.807) is 4.80 Å². The monoisotopic (exact) mass is 288 g/mol. The zero-order valence-corrected chi connectivity index (χ0v) is 12.2. The molecule has 2 aromatic rings. The van der Waals surface area contributed by atoms with Crippen LogP contribution in [0.2, 0.25) is 0 Å². The fourth-order valence-electron chi connectivity index (χ4n) is 2.80. The number of rotatable bonds is 4.